The van der Waals surface area contributed by atoms with Gasteiger partial charge in [-0.2, -0.15) is 5.10 Å². The van der Waals surface area contributed by atoms with Gasteiger partial charge < -0.3 is 20.1 Å². The second-order valence-corrected chi connectivity index (χ2v) is 6.38. The number of aliphatic imine (C=N–C) groups is 1. The quantitative estimate of drug-likeness (QED) is 0.401. The lowest BCUT2D eigenvalue weighted by Crippen LogP contribution is -2.37. The number of hydrogen-bond donors (Lipinski definition) is 2. The van der Waals surface area contributed by atoms with Crippen LogP contribution in [0.25, 0.3) is 0 Å². The fourth-order valence-corrected chi connectivity index (χ4v) is 2.76. The van der Waals surface area contributed by atoms with Crippen LogP contribution in [-0.2, 0) is 24.9 Å². The van der Waals surface area contributed by atoms with Crippen LogP contribution in [0.4, 0.5) is 0 Å². The Morgan fingerprint density at radius 2 is 1.93 bits per heavy atom. The first kappa shape index (κ1) is 20.8. The average molecular weight is 374 g/mol. The van der Waals surface area contributed by atoms with E-state index in [1.54, 1.807) is 14.2 Å². The first-order valence-corrected chi connectivity index (χ1v) is 9.19. The van der Waals surface area contributed by atoms with E-state index in [0.717, 1.165) is 35.9 Å². The lowest BCUT2D eigenvalue weighted by molar-refractivity contribution is 0.119. The first-order chi connectivity index (χ1) is 13.0. The number of rotatable bonds is 9. The molecule has 7 nitrogen and oxygen atoms in total. The number of benzene rings is 1. The molecule has 0 aliphatic carbocycles. The van der Waals surface area contributed by atoms with Crippen molar-refractivity contribution in [3.8, 4) is 5.75 Å². The number of nitrogens with zero attached hydrogens (tertiary/aromatic N) is 3. The van der Waals surface area contributed by atoms with Crippen LogP contribution in [0.5, 0.6) is 5.75 Å². The molecule has 27 heavy (non-hydrogen) atoms. The third kappa shape index (κ3) is 6.29. The van der Waals surface area contributed by atoms with E-state index in [-0.39, 0.29) is 0 Å². The molecule has 0 saturated carbocycles. The van der Waals surface area contributed by atoms with Gasteiger partial charge in [-0.3, -0.25) is 9.67 Å². The number of methoxy groups -OCH3 is 1. The fourth-order valence-electron chi connectivity index (χ4n) is 2.76. The van der Waals surface area contributed by atoms with Crippen molar-refractivity contribution in [3.63, 3.8) is 0 Å². The maximum Gasteiger partial charge on any atom is 0.191 e. The molecule has 0 aliphatic rings. The van der Waals surface area contributed by atoms with Crippen molar-refractivity contribution in [2.24, 2.45) is 12.0 Å². The molecule has 0 unspecified atom stereocenters. The summed E-state index contributed by atoms with van der Waals surface area (Å²) in [6, 6.07) is 7.93. The van der Waals surface area contributed by atoms with Crippen molar-refractivity contribution < 1.29 is 9.47 Å². The Kier molecular flexibility index (Phi) is 8.13. The molecule has 2 aromatic rings. The second-order valence-electron chi connectivity index (χ2n) is 6.38. The van der Waals surface area contributed by atoms with E-state index < -0.39 is 0 Å². The van der Waals surface area contributed by atoms with Gasteiger partial charge in [-0.05, 0) is 38.0 Å². The summed E-state index contributed by atoms with van der Waals surface area (Å²) in [5.41, 5.74) is 4.57. The molecular formula is C20H31N5O2. The van der Waals surface area contributed by atoms with Gasteiger partial charge in [-0.25, -0.2) is 0 Å². The molecule has 0 saturated heterocycles. The molecule has 0 aliphatic heterocycles. The first-order valence-electron chi connectivity index (χ1n) is 9.19. The molecule has 0 fully saturated rings. The highest BCUT2D eigenvalue weighted by molar-refractivity contribution is 5.79. The van der Waals surface area contributed by atoms with Crippen LogP contribution in [-0.4, -0.2) is 43.0 Å². The summed E-state index contributed by atoms with van der Waals surface area (Å²) in [4.78, 5) is 4.27. The number of guanidine groups is 1. The Bertz CT molecular complexity index is 738. The summed E-state index contributed by atoms with van der Waals surface area (Å²) in [5, 5.41) is 11.1. The number of aryl methyl sites for hydroxylation is 2. The number of aromatic nitrogens is 2. The third-order valence-corrected chi connectivity index (χ3v) is 4.50. The minimum Gasteiger partial charge on any atom is -0.497 e. The van der Waals surface area contributed by atoms with E-state index in [2.05, 4.69) is 27.6 Å². The molecule has 0 spiro atoms. The Morgan fingerprint density at radius 1 is 1.19 bits per heavy atom. The number of ether oxygens (including phenoxy) is 2. The molecule has 1 aromatic carbocycles. The van der Waals surface area contributed by atoms with Crippen LogP contribution in [0.15, 0.2) is 29.3 Å². The van der Waals surface area contributed by atoms with Crippen molar-refractivity contribution in [1.29, 1.82) is 0 Å². The molecule has 1 aromatic heterocycles. The largest absolute Gasteiger partial charge is 0.497 e. The minimum atomic E-state index is 0.608. The topological polar surface area (TPSA) is 72.7 Å². The van der Waals surface area contributed by atoms with Gasteiger partial charge in [0.2, 0.25) is 0 Å². The van der Waals surface area contributed by atoms with Crippen molar-refractivity contribution in [2.45, 2.75) is 33.4 Å². The molecule has 7 heteroatoms. The summed E-state index contributed by atoms with van der Waals surface area (Å²) in [6.45, 7) is 6.91. The molecular weight excluding hydrogens is 342 g/mol. The maximum atomic E-state index is 5.72. The molecule has 1 heterocycles. The lowest BCUT2D eigenvalue weighted by atomic mass is 10.2. The van der Waals surface area contributed by atoms with Crippen LogP contribution in [0.3, 0.4) is 0 Å². The van der Waals surface area contributed by atoms with E-state index in [1.165, 1.54) is 11.3 Å². The van der Waals surface area contributed by atoms with E-state index in [1.807, 2.05) is 42.9 Å². The molecule has 148 valence electrons. The number of hydrogen-bond acceptors (Lipinski definition) is 4. The lowest BCUT2D eigenvalue weighted by Gasteiger charge is -2.12. The Balaban J connectivity index is 1.63. The van der Waals surface area contributed by atoms with Gasteiger partial charge in [-0.1, -0.05) is 12.1 Å². The van der Waals surface area contributed by atoms with Crippen LogP contribution in [0.1, 0.15) is 28.9 Å². The summed E-state index contributed by atoms with van der Waals surface area (Å²) >= 11 is 0. The van der Waals surface area contributed by atoms with Gasteiger partial charge in [0.05, 0.1) is 19.4 Å². The second kappa shape index (κ2) is 10.6. The van der Waals surface area contributed by atoms with Gasteiger partial charge >= 0.3 is 0 Å². The normalized spacial score (nSPS) is 11.5. The zero-order chi connectivity index (χ0) is 19.6. The highest BCUT2D eigenvalue weighted by Gasteiger charge is 2.09. The third-order valence-electron chi connectivity index (χ3n) is 4.50. The maximum absolute atomic E-state index is 5.72. The van der Waals surface area contributed by atoms with E-state index in [4.69, 9.17) is 9.47 Å². The zero-order valence-corrected chi connectivity index (χ0v) is 17.0. The Morgan fingerprint density at radius 3 is 2.52 bits per heavy atom. The van der Waals surface area contributed by atoms with Crippen LogP contribution >= 0.6 is 0 Å². The van der Waals surface area contributed by atoms with Crippen molar-refractivity contribution in [1.82, 2.24) is 20.4 Å². The van der Waals surface area contributed by atoms with E-state index in [0.29, 0.717) is 19.8 Å². The fraction of sp³-hybridized carbons (Fsp3) is 0.500. The van der Waals surface area contributed by atoms with E-state index >= 15 is 0 Å². The van der Waals surface area contributed by atoms with Gasteiger partial charge in [0.15, 0.2) is 5.96 Å². The van der Waals surface area contributed by atoms with Gasteiger partial charge in [-0.15, -0.1) is 0 Å². The zero-order valence-electron chi connectivity index (χ0n) is 17.0. The molecule has 0 bridgehead atoms. The monoisotopic (exact) mass is 373 g/mol. The Hall–Kier alpha value is -2.54. The minimum absolute atomic E-state index is 0.608. The van der Waals surface area contributed by atoms with Crippen LogP contribution in [0.2, 0.25) is 0 Å². The van der Waals surface area contributed by atoms with E-state index in [9.17, 15) is 0 Å². The van der Waals surface area contributed by atoms with Crippen LogP contribution in [0, 0.1) is 13.8 Å². The smallest absolute Gasteiger partial charge is 0.191 e. The predicted octanol–water partition coefficient (Wildman–Crippen LogP) is 2.32. The van der Waals surface area contributed by atoms with Crippen LogP contribution < -0.4 is 15.4 Å². The van der Waals surface area contributed by atoms with Gasteiger partial charge in [0.25, 0.3) is 0 Å². The molecule has 0 amide bonds. The molecule has 0 atom stereocenters. The summed E-state index contributed by atoms with van der Waals surface area (Å²) in [7, 11) is 5.41. The standard InChI is InChI=1S/C20H31N5O2/c1-15-19(16(2)25(4)24-15)13-23-20(21-3)22-11-6-12-27-14-17-7-9-18(26-5)10-8-17/h7-10H,6,11-14H2,1-5H3,(H2,21,22,23). The highest BCUT2D eigenvalue weighted by Crippen LogP contribution is 2.12. The van der Waals surface area contributed by atoms with Crippen molar-refractivity contribution in [2.75, 3.05) is 27.3 Å². The summed E-state index contributed by atoms with van der Waals surface area (Å²) in [5.74, 6) is 1.64. The molecule has 2 rings (SSSR count). The molecule has 2 N–H and O–H groups in total. The van der Waals surface area contributed by atoms with Gasteiger partial charge in [0.1, 0.15) is 5.75 Å². The predicted molar refractivity (Wildman–Crippen MR) is 108 cm³/mol. The van der Waals surface area contributed by atoms with Crippen molar-refractivity contribution >= 4 is 5.96 Å². The number of nitrogens with one attached hydrogen (secondary N) is 2. The average Bonchev–Trinajstić information content (AvgIpc) is 2.92. The Labute approximate surface area is 161 Å². The highest BCUT2D eigenvalue weighted by atomic mass is 16.5. The SMILES string of the molecule is CN=C(NCCCOCc1ccc(OC)cc1)NCc1c(C)nn(C)c1C. The van der Waals surface area contributed by atoms with Crippen molar-refractivity contribution in [3.05, 3.63) is 46.8 Å². The van der Waals surface area contributed by atoms with Gasteiger partial charge in [0, 0.05) is 45.0 Å². The molecule has 0 radical (unpaired) electrons. The summed E-state index contributed by atoms with van der Waals surface area (Å²) < 4.78 is 12.8. The summed E-state index contributed by atoms with van der Waals surface area (Å²) in [6.07, 6.45) is 0.905.